The van der Waals surface area contributed by atoms with Crippen LogP contribution in [-0.4, -0.2) is 23.8 Å². The van der Waals surface area contributed by atoms with E-state index in [0.29, 0.717) is 0 Å². The van der Waals surface area contributed by atoms with E-state index in [0.717, 1.165) is 38.0 Å². The highest BCUT2D eigenvalue weighted by molar-refractivity contribution is 14.1. The van der Waals surface area contributed by atoms with E-state index in [9.17, 15) is 5.11 Å². The van der Waals surface area contributed by atoms with Crippen LogP contribution in [0.25, 0.3) is 0 Å². The maximum absolute atomic E-state index is 10.1. The van der Waals surface area contributed by atoms with Gasteiger partial charge in [0.2, 0.25) is 0 Å². The second-order valence-electron chi connectivity index (χ2n) is 5.05. The highest BCUT2D eigenvalue weighted by Crippen LogP contribution is 2.29. The molecule has 1 aliphatic rings. The van der Waals surface area contributed by atoms with Crippen LogP contribution in [0.2, 0.25) is 0 Å². The smallest absolute Gasteiger partial charge is 0.0637 e. The fourth-order valence-electron chi connectivity index (χ4n) is 2.28. The Labute approximate surface area is 116 Å². The summed E-state index contributed by atoms with van der Waals surface area (Å²) in [4.78, 5) is 2.35. The molecular formula is C13H19IN2O. The quantitative estimate of drug-likeness (QED) is 0.607. The number of nitrogen functional groups attached to an aromatic ring is 1. The molecule has 0 aliphatic carbocycles. The van der Waals surface area contributed by atoms with E-state index in [1.807, 2.05) is 19.1 Å². The number of nitrogens with zero attached hydrogens (tertiary/aromatic N) is 1. The van der Waals surface area contributed by atoms with Gasteiger partial charge in [0.25, 0.3) is 0 Å². The van der Waals surface area contributed by atoms with Crippen molar-refractivity contribution in [2.45, 2.75) is 31.8 Å². The topological polar surface area (TPSA) is 49.5 Å². The van der Waals surface area contributed by atoms with Crippen LogP contribution >= 0.6 is 22.6 Å². The molecule has 0 amide bonds. The minimum atomic E-state index is -0.506. The van der Waals surface area contributed by atoms with E-state index in [4.69, 9.17) is 5.73 Å². The van der Waals surface area contributed by atoms with Gasteiger partial charge < -0.3 is 15.7 Å². The van der Waals surface area contributed by atoms with Gasteiger partial charge in [-0.3, -0.25) is 0 Å². The molecule has 2 rings (SSSR count). The standard InChI is InChI=1S/C13H19IN2O/c1-13(17)5-2-7-16(8-6-13)12-4-3-10(15)9-11(12)14/h3-4,9,17H,2,5-8,15H2,1H3. The van der Waals surface area contributed by atoms with Crippen LogP contribution in [0.1, 0.15) is 26.2 Å². The highest BCUT2D eigenvalue weighted by Gasteiger charge is 2.25. The summed E-state index contributed by atoms with van der Waals surface area (Å²) in [5, 5.41) is 10.1. The molecule has 0 aromatic heterocycles. The lowest BCUT2D eigenvalue weighted by molar-refractivity contribution is 0.0481. The minimum Gasteiger partial charge on any atom is -0.399 e. The third-order valence-corrected chi connectivity index (χ3v) is 4.24. The van der Waals surface area contributed by atoms with Crippen LogP contribution < -0.4 is 10.6 Å². The van der Waals surface area contributed by atoms with Crippen molar-refractivity contribution in [2.24, 2.45) is 0 Å². The van der Waals surface area contributed by atoms with Crippen LogP contribution in [0.3, 0.4) is 0 Å². The van der Waals surface area contributed by atoms with Crippen molar-refractivity contribution in [1.29, 1.82) is 0 Å². The zero-order chi connectivity index (χ0) is 12.5. The van der Waals surface area contributed by atoms with E-state index in [1.165, 1.54) is 9.26 Å². The Bertz CT molecular complexity index is 406. The predicted molar refractivity (Wildman–Crippen MR) is 80.3 cm³/mol. The Morgan fingerprint density at radius 1 is 1.35 bits per heavy atom. The first-order valence-corrected chi connectivity index (χ1v) is 7.08. The average Bonchev–Trinajstić information content (AvgIpc) is 2.40. The molecule has 1 aliphatic heterocycles. The van der Waals surface area contributed by atoms with Crippen LogP contribution in [0, 0.1) is 3.57 Å². The third kappa shape index (κ3) is 3.25. The van der Waals surface area contributed by atoms with Gasteiger partial charge in [0, 0.05) is 22.3 Å². The first kappa shape index (κ1) is 13.0. The molecule has 0 bridgehead atoms. The SMILES string of the molecule is CC1(O)CCCN(c2ccc(N)cc2I)CC1. The van der Waals surface area contributed by atoms with Gasteiger partial charge >= 0.3 is 0 Å². The van der Waals surface area contributed by atoms with Gasteiger partial charge in [-0.1, -0.05) is 0 Å². The lowest BCUT2D eigenvalue weighted by atomic mass is 9.98. The van der Waals surface area contributed by atoms with Crippen molar-refractivity contribution in [3.8, 4) is 0 Å². The normalized spacial score (nSPS) is 25.7. The number of benzene rings is 1. The molecule has 0 saturated carbocycles. The molecule has 1 aromatic rings. The Kier molecular flexibility index (Phi) is 3.82. The maximum atomic E-state index is 10.1. The molecule has 1 fully saturated rings. The molecule has 3 N–H and O–H groups in total. The second kappa shape index (κ2) is 5.02. The number of anilines is 2. The summed E-state index contributed by atoms with van der Waals surface area (Å²) in [5.74, 6) is 0. The Hall–Kier alpha value is -0.490. The molecule has 17 heavy (non-hydrogen) atoms. The van der Waals surface area contributed by atoms with Crippen LogP contribution in [0.15, 0.2) is 18.2 Å². The van der Waals surface area contributed by atoms with Crippen LogP contribution in [0.5, 0.6) is 0 Å². The fourth-order valence-corrected chi connectivity index (χ4v) is 3.16. The largest absolute Gasteiger partial charge is 0.399 e. The summed E-state index contributed by atoms with van der Waals surface area (Å²) >= 11 is 2.33. The van der Waals surface area contributed by atoms with Crippen molar-refractivity contribution >= 4 is 34.0 Å². The number of hydrogen-bond acceptors (Lipinski definition) is 3. The van der Waals surface area contributed by atoms with Crippen molar-refractivity contribution in [2.75, 3.05) is 23.7 Å². The summed E-state index contributed by atoms with van der Waals surface area (Å²) in [5.41, 5.74) is 7.30. The van der Waals surface area contributed by atoms with Crippen molar-refractivity contribution in [3.63, 3.8) is 0 Å². The van der Waals surface area contributed by atoms with Crippen molar-refractivity contribution < 1.29 is 5.11 Å². The zero-order valence-corrected chi connectivity index (χ0v) is 12.3. The number of hydrogen-bond donors (Lipinski definition) is 2. The Morgan fingerprint density at radius 2 is 2.12 bits per heavy atom. The second-order valence-corrected chi connectivity index (χ2v) is 6.21. The number of aliphatic hydroxyl groups is 1. The molecule has 1 heterocycles. The molecule has 1 atom stereocenters. The average molecular weight is 346 g/mol. The molecule has 0 radical (unpaired) electrons. The van der Waals surface area contributed by atoms with Gasteiger partial charge in [0.1, 0.15) is 0 Å². The molecule has 0 spiro atoms. The van der Waals surface area contributed by atoms with Crippen LogP contribution in [0.4, 0.5) is 11.4 Å². The molecule has 4 heteroatoms. The van der Waals surface area contributed by atoms with Gasteiger partial charge in [-0.2, -0.15) is 0 Å². The van der Waals surface area contributed by atoms with Gasteiger partial charge in [-0.15, -0.1) is 0 Å². The van der Waals surface area contributed by atoms with Crippen molar-refractivity contribution in [1.82, 2.24) is 0 Å². The highest BCUT2D eigenvalue weighted by atomic mass is 127. The van der Waals surface area contributed by atoms with Crippen LogP contribution in [-0.2, 0) is 0 Å². The van der Waals surface area contributed by atoms with Crippen molar-refractivity contribution in [3.05, 3.63) is 21.8 Å². The van der Waals surface area contributed by atoms with E-state index in [-0.39, 0.29) is 0 Å². The Balaban J connectivity index is 2.17. The van der Waals surface area contributed by atoms with Gasteiger partial charge in [-0.05, 0) is 67.0 Å². The number of rotatable bonds is 1. The first-order valence-electron chi connectivity index (χ1n) is 6.00. The van der Waals surface area contributed by atoms with E-state index in [2.05, 4.69) is 33.6 Å². The van der Waals surface area contributed by atoms with E-state index < -0.39 is 5.60 Å². The lowest BCUT2D eigenvalue weighted by Gasteiger charge is -2.25. The van der Waals surface area contributed by atoms with Gasteiger partial charge in [0.05, 0.1) is 11.3 Å². The third-order valence-electron chi connectivity index (χ3n) is 3.38. The maximum Gasteiger partial charge on any atom is 0.0637 e. The first-order chi connectivity index (χ1) is 7.98. The lowest BCUT2D eigenvalue weighted by Crippen LogP contribution is -2.28. The Morgan fingerprint density at radius 3 is 2.82 bits per heavy atom. The summed E-state index contributed by atoms with van der Waals surface area (Å²) in [6, 6.07) is 6.02. The number of nitrogens with two attached hydrogens (primary N) is 1. The summed E-state index contributed by atoms with van der Waals surface area (Å²) < 4.78 is 1.18. The molecular weight excluding hydrogens is 327 g/mol. The fraction of sp³-hybridized carbons (Fsp3) is 0.538. The minimum absolute atomic E-state index is 0.506. The van der Waals surface area contributed by atoms with E-state index in [1.54, 1.807) is 0 Å². The summed E-state index contributed by atoms with van der Waals surface area (Å²) in [7, 11) is 0. The zero-order valence-electron chi connectivity index (χ0n) is 10.1. The predicted octanol–water partition coefficient (Wildman–Crippen LogP) is 2.61. The molecule has 3 nitrogen and oxygen atoms in total. The van der Waals surface area contributed by atoms with E-state index >= 15 is 0 Å². The number of halogens is 1. The molecule has 1 saturated heterocycles. The van der Waals surface area contributed by atoms with Gasteiger partial charge in [0.15, 0.2) is 0 Å². The monoisotopic (exact) mass is 346 g/mol. The summed E-state index contributed by atoms with van der Waals surface area (Å²) in [6.07, 6.45) is 2.75. The molecule has 1 unspecified atom stereocenters. The van der Waals surface area contributed by atoms with Gasteiger partial charge in [-0.25, -0.2) is 0 Å². The molecule has 94 valence electrons. The molecule has 1 aromatic carbocycles. The summed E-state index contributed by atoms with van der Waals surface area (Å²) in [6.45, 7) is 3.85.